The van der Waals surface area contributed by atoms with Gasteiger partial charge in [0, 0.05) is 0 Å². The lowest BCUT2D eigenvalue weighted by Gasteiger charge is -2.54. The predicted molar refractivity (Wildman–Crippen MR) is 55.0 cm³/mol. The molecule has 1 rings (SSSR count). The molecule has 0 radical (unpaired) electrons. The Labute approximate surface area is 77.1 Å². The highest BCUT2D eigenvalue weighted by Crippen LogP contribution is 2.56. The van der Waals surface area contributed by atoms with Crippen molar-refractivity contribution in [2.75, 3.05) is 0 Å². The molecule has 0 bridgehead atoms. The van der Waals surface area contributed by atoms with Crippen LogP contribution in [0.3, 0.4) is 0 Å². The third-order valence-electron chi connectivity index (χ3n) is 3.95. The van der Waals surface area contributed by atoms with Crippen molar-refractivity contribution in [1.82, 2.24) is 0 Å². The fraction of sp³-hybridized carbons (Fsp3) is 0.833. The average Bonchev–Trinajstić information content (AvgIpc) is 2.03. The summed E-state index contributed by atoms with van der Waals surface area (Å²) in [5.74, 6) is 2.47. The zero-order chi connectivity index (χ0) is 9.35. The monoisotopic (exact) mass is 166 g/mol. The first-order valence-electron chi connectivity index (χ1n) is 5.17. The normalized spacial score (nSPS) is 43.3. The molecule has 0 N–H and O–H groups in total. The molecule has 12 heavy (non-hydrogen) atoms. The van der Waals surface area contributed by atoms with E-state index in [2.05, 4.69) is 40.3 Å². The predicted octanol–water partition coefficient (Wildman–Crippen LogP) is 3.88. The quantitative estimate of drug-likeness (QED) is 0.558. The molecule has 1 aliphatic carbocycles. The summed E-state index contributed by atoms with van der Waals surface area (Å²) in [5, 5.41) is 0. The van der Waals surface area contributed by atoms with Crippen molar-refractivity contribution in [3.63, 3.8) is 0 Å². The highest BCUT2D eigenvalue weighted by Gasteiger charge is 2.48. The minimum Gasteiger partial charge on any atom is -0.103 e. The summed E-state index contributed by atoms with van der Waals surface area (Å²) in [6.45, 7) is 13.3. The van der Waals surface area contributed by atoms with Gasteiger partial charge in [-0.25, -0.2) is 0 Å². The van der Waals surface area contributed by atoms with Gasteiger partial charge in [0.1, 0.15) is 0 Å². The minimum atomic E-state index is 0.604. The van der Waals surface area contributed by atoms with E-state index in [0.29, 0.717) is 11.3 Å². The second-order valence-corrected chi connectivity index (χ2v) is 4.81. The first-order valence-corrected chi connectivity index (χ1v) is 5.17. The van der Waals surface area contributed by atoms with Gasteiger partial charge in [0.15, 0.2) is 0 Å². The van der Waals surface area contributed by atoms with Crippen LogP contribution in [0, 0.1) is 23.2 Å². The molecule has 0 aromatic heterocycles. The van der Waals surface area contributed by atoms with Crippen molar-refractivity contribution in [2.45, 2.75) is 40.5 Å². The Morgan fingerprint density at radius 2 is 2.25 bits per heavy atom. The Kier molecular flexibility index (Phi) is 2.65. The molecular weight excluding hydrogens is 144 g/mol. The van der Waals surface area contributed by atoms with Gasteiger partial charge in [0.2, 0.25) is 0 Å². The van der Waals surface area contributed by atoms with Gasteiger partial charge < -0.3 is 0 Å². The van der Waals surface area contributed by atoms with Crippen LogP contribution >= 0.6 is 0 Å². The van der Waals surface area contributed by atoms with Crippen LogP contribution in [-0.2, 0) is 0 Å². The molecule has 0 aliphatic heterocycles. The van der Waals surface area contributed by atoms with Crippen LogP contribution in [-0.4, -0.2) is 0 Å². The van der Waals surface area contributed by atoms with Crippen LogP contribution < -0.4 is 0 Å². The molecule has 1 fully saturated rings. The summed E-state index contributed by atoms with van der Waals surface area (Å²) < 4.78 is 0. The Balaban J connectivity index is 2.67. The maximum atomic E-state index is 3.90. The van der Waals surface area contributed by atoms with E-state index in [4.69, 9.17) is 0 Å². The second kappa shape index (κ2) is 3.24. The smallest absolute Gasteiger partial charge is 0.0229 e. The van der Waals surface area contributed by atoms with E-state index in [1.807, 2.05) is 0 Å². The van der Waals surface area contributed by atoms with E-state index in [1.165, 1.54) is 12.8 Å². The molecule has 70 valence electrons. The lowest BCUT2D eigenvalue weighted by molar-refractivity contribution is -0.0442. The lowest BCUT2D eigenvalue weighted by atomic mass is 9.50. The summed E-state index contributed by atoms with van der Waals surface area (Å²) in [4.78, 5) is 0. The van der Waals surface area contributed by atoms with E-state index in [1.54, 1.807) is 0 Å². The van der Waals surface area contributed by atoms with Crippen molar-refractivity contribution >= 4 is 0 Å². The van der Waals surface area contributed by atoms with Gasteiger partial charge in [-0.3, -0.25) is 0 Å². The summed E-state index contributed by atoms with van der Waals surface area (Å²) in [6, 6.07) is 0. The molecule has 0 heterocycles. The standard InChI is InChI=1S/C12H22/c1-6-9(3)11-10(4)8-12(11,5)7-2/h6,9-11H,1,7-8H2,2-5H3. The van der Waals surface area contributed by atoms with Gasteiger partial charge in [0.25, 0.3) is 0 Å². The topological polar surface area (TPSA) is 0 Å². The third kappa shape index (κ3) is 1.32. The lowest BCUT2D eigenvalue weighted by Crippen LogP contribution is -2.47. The van der Waals surface area contributed by atoms with Crippen LogP contribution in [0.4, 0.5) is 0 Å². The van der Waals surface area contributed by atoms with Crippen molar-refractivity contribution < 1.29 is 0 Å². The molecule has 0 aromatic rings. The Morgan fingerprint density at radius 3 is 2.58 bits per heavy atom. The van der Waals surface area contributed by atoms with Crippen molar-refractivity contribution in [3.05, 3.63) is 12.7 Å². The van der Waals surface area contributed by atoms with Gasteiger partial charge >= 0.3 is 0 Å². The molecule has 0 amide bonds. The van der Waals surface area contributed by atoms with Gasteiger partial charge in [-0.05, 0) is 29.6 Å². The van der Waals surface area contributed by atoms with Crippen molar-refractivity contribution in [3.8, 4) is 0 Å². The second-order valence-electron chi connectivity index (χ2n) is 4.81. The summed E-state index contributed by atoms with van der Waals surface area (Å²) in [7, 11) is 0. The fourth-order valence-corrected chi connectivity index (χ4v) is 3.20. The molecule has 4 atom stereocenters. The first kappa shape index (κ1) is 9.83. The Morgan fingerprint density at radius 1 is 1.67 bits per heavy atom. The van der Waals surface area contributed by atoms with Crippen LogP contribution in [0.1, 0.15) is 40.5 Å². The molecular formula is C12H22. The van der Waals surface area contributed by atoms with Crippen LogP contribution in [0.25, 0.3) is 0 Å². The van der Waals surface area contributed by atoms with Gasteiger partial charge in [-0.1, -0.05) is 40.2 Å². The Bertz CT molecular complexity index is 171. The number of rotatable bonds is 3. The summed E-state index contributed by atoms with van der Waals surface area (Å²) in [5.41, 5.74) is 0.604. The minimum absolute atomic E-state index is 0.604. The molecule has 0 heteroatoms. The average molecular weight is 166 g/mol. The van der Waals surface area contributed by atoms with E-state index >= 15 is 0 Å². The van der Waals surface area contributed by atoms with Crippen molar-refractivity contribution in [1.29, 1.82) is 0 Å². The van der Waals surface area contributed by atoms with Crippen molar-refractivity contribution in [2.24, 2.45) is 23.2 Å². The highest BCUT2D eigenvalue weighted by molar-refractivity contribution is 5.01. The number of allylic oxidation sites excluding steroid dienone is 1. The Hall–Kier alpha value is -0.260. The first-order chi connectivity index (χ1) is 5.55. The maximum absolute atomic E-state index is 3.90. The summed E-state index contributed by atoms with van der Waals surface area (Å²) in [6.07, 6.45) is 4.85. The van der Waals surface area contributed by atoms with E-state index in [-0.39, 0.29) is 0 Å². The highest BCUT2D eigenvalue weighted by atomic mass is 14.5. The van der Waals surface area contributed by atoms with Gasteiger partial charge in [0.05, 0.1) is 0 Å². The van der Waals surface area contributed by atoms with Crippen LogP contribution in [0.2, 0.25) is 0 Å². The molecule has 0 spiro atoms. The van der Waals surface area contributed by atoms with Crippen LogP contribution in [0.5, 0.6) is 0 Å². The van der Waals surface area contributed by atoms with Gasteiger partial charge in [-0.15, -0.1) is 6.58 Å². The van der Waals surface area contributed by atoms with E-state index in [0.717, 1.165) is 11.8 Å². The zero-order valence-electron chi connectivity index (χ0n) is 8.93. The molecule has 1 aliphatic rings. The molecule has 0 nitrogen and oxygen atoms in total. The molecule has 0 saturated heterocycles. The largest absolute Gasteiger partial charge is 0.103 e. The molecule has 4 unspecified atom stereocenters. The number of hydrogen-bond donors (Lipinski definition) is 0. The molecule has 1 saturated carbocycles. The SMILES string of the molecule is C=CC(C)C1C(C)CC1(C)CC. The van der Waals surface area contributed by atoms with Gasteiger partial charge in [-0.2, -0.15) is 0 Å². The zero-order valence-corrected chi connectivity index (χ0v) is 8.93. The third-order valence-corrected chi connectivity index (χ3v) is 3.95. The van der Waals surface area contributed by atoms with E-state index < -0.39 is 0 Å². The maximum Gasteiger partial charge on any atom is -0.0229 e. The summed E-state index contributed by atoms with van der Waals surface area (Å²) >= 11 is 0. The number of hydrogen-bond acceptors (Lipinski definition) is 0. The molecule has 0 aromatic carbocycles. The fourth-order valence-electron chi connectivity index (χ4n) is 3.20. The van der Waals surface area contributed by atoms with Crippen LogP contribution in [0.15, 0.2) is 12.7 Å². The van der Waals surface area contributed by atoms with E-state index in [9.17, 15) is 0 Å².